The van der Waals surface area contributed by atoms with Crippen molar-refractivity contribution in [3.8, 4) is 17.2 Å². The molecule has 2 rings (SSSR count). The summed E-state index contributed by atoms with van der Waals surface area (Å²) < 4.78 is 41.1. The smallest absolute Gasteiger partial charge is 0.251 e. The van der Waals surface area contributed by atoms with Crippen molar-refractivity contribution in [2.24, 2.45) is 0 Å². The van der Waals surface area contributed by atoms with Gasteiger partial charge in [-0.15, -0.1) is 0 Å². The van der Waals surface area contributed by atoms with Gasteiger partial charge in [0.1, 0.15) is 0 Å². The fourth-order valence-electron chi connectivity index (χ4n) is 2.76. The third kappa shape index (κ3) is 4.92. The average Bonchev–Trinajstić information content (AvgIpc) is 2.75. The predicted molar refractivity (Wildman–Crippen MR) is 112 cm³/mol. The van der Waals surface area contributed by atoms with Gasteiger partial charge in [0.2, 0.25) is 15.8 Å². The average molecular weight is 423 g/mol. The second kappa shape index (κ2) is 9.51. The van der Waals surface area contributed by atoms with Gasteiger partial charge in [-0.05, 0) is 43.3 Å². The van der Waals surface area contributed by atoms with Crippen molar-refractivity contribution in [1.29, 1.82) is 0 Å². The number of rotatable bonds is 9. The quantitative estimate of drug-likeness (QED) is 0.667. The Labute approximate surface area is 171 Å². The summed E-state index contributed by atoms with van der Waals surface area (Å²) in [5, 5.41) is 2.82. The molecule has 8 nitrogen and oxygen atoms in total. The number of carbonyl (C=O) groups excluding carboxylic acids is 1. The fourth-order valence-corrected chi connectivity index (χ4v) is 3.59. The van der Waals surface area contributed by atoms with Crippen LogP contribution in [0.25, 0.3) is 0 Å². The molecule has 0 spiro atoms. The van der Waals surface area contributed by atoms with Crippen LogP contribution < -0.4 is 23.8 Å². The van der Waals surface area contributed by atoms with E-state index in [-0.39, 0.29) is 18.2 Å². The van der Waals surface area contributed by atoms with Gasteiger partial charge in [-0.1, -0.05) is 0 Å². The monoisotopic (exact) mass is 422 g/mol. The van der Waals surface area contributed by atoms with E-state index in [4.69, 9.17) is 14.2 Å². The number of carbonyl (C=O) groups is 1. The zero-order chi connectivity index (χ0) is 21.6. The number of ether oxygens (including phenoxy) is 3. The van der Waals surface area contributed by atoms with Crippen molar-refractivity contribution in [2.75, 3.05) is 38.4 Å². The first-order chi connectivity index (χ1) is 13.8. The Kier molecular flexibility index (Phi) is 7.33. The molecule has 0 aliphatic heterocycles. The van der Waals surface area contributed by atoms with Crippen LogP contribution in [-0.4, -0.2) is 48.5 Å². The maximum Gasteiger partial charge on any atom is 0.251 e. The van der Waals surface area contributed by atoms with E-state index < -0.39 is 10.0 Å². The first-order valence-corrected chi connectivity index (χ1v) is 10.5. The number of hydrogen-bond acceptors (Lipinski definition) is 6. The lowest BCUT2D eigenvalue weighted by Crippen LogP contribution is -2.28. The van der Waals surface area contributed by atoms with Gasteiger partial charge in [-0.3, -0.25) is 9.10 Å². The zero-order valence-corrected chi connectivity index (χ0v) is 18.0. The molecular formula is C20H26N2O6S. The lowest BCUT2D eigenvalue weighted by Gasteiger charge is -2.18. The van der Waals surface area contributed by atoms with E-state index in [2.05, 4.69) is 5.32 Å². The van der Waals surface area contributed by atoms with Crippen molar-refractivity contribution < 1.29 is 27.4 Å². The molecule has 0 radical (unpaired) electrons. The van der Waals surface area contributed by atoms with Gasteiger partial charge >= 0.3 is 0 Å². The molecule has 0 bridgehead atoms. The number of amides is 1. The predicted octanol–water partition coefficient (Wildman–Crippen LogP) is 2.43. The molecular weight excluding hydrogens is 396 g/mol. The van der Waals surface area contributed by atoms with E-state index >= 15 is 0 Å². The Morgan fingerprint density at radius 2 is 1.59 bits per heavy atom. The van der Waals surface area contributed by atoms with Gasteiger partial charge in [0.25, 0.3) is 5.91 Å². The van der Waals surface area contributed by atoms with E-state index in [1.807, 2.05) is 0 Å². The topological polar surface area (TPSA) is 94.2 Å². The van der Waals surface area contributed by atoms with Crippen LogP contribution in [0.5, 0.6) is 17.2 Å². The van der Waals surface area contributed by atoms with E-state index in [1.54, 1.807) is 43.3 Å². The lowest BCUT2D eigenvalue weighted by atomic mass is 10.1. The third-order valence-electron chi connectivity index (χ3n) is 4.50. The van der Waals surface area contributed by atoms with Crippen LogP contribution in [0.15, 0.2) is 36.4 Å². The normalized spacial score (nSPS) is 10.9. The van der Waals surface area contributed by atoms with Crippen molar-refractivity contribution in [3.05, 3.63) is 47.5 Å². The minimum atomic E-state index is -3.35. The molecule has 0 unspecified atom stereocenters. The van der Waals surface area contributed by atoms with Crippen LogP contribution in [0.4, 0.5) is 5.69 Å². The molecule has 9 heteroatoms. The minimum absolute atomic E-state index is 0.00110. The molecule has 158 valence electrons. The van der Waals surface area contributed by atoms with Gasteiger partial charge in [0, 0.05) is 24.7 Å². The highest BCUT2D eigenvalue weighted by molar-refractivity contribution is 7.92. The molecule has 0 aromatic heterocycles. The number of sulfonamides is 1. The second-order valence-electron chi connectivity index (χ2n) is 6.09. The van der Waals surface area contributed by atoms with Gasteiger partial charge in [0.15, 0.2) is 11.5 Å². The molecule has 1 amide bonds. The van der Waals surface area contributed by atoms with Crippen molar-refractivity contribution >= 4 is 21.6 Å². The van der Waals surface area contributed by atoms with Crippen LogP contribution >= 0.6 is 0 Å². The first kappa shape index (κ1) is 22.4. The zero-order valence-electron chi connectivity index (χ0n) is 17.2. The standard InChI is InChI=1S/C20H26N2O6S/c1-6-29(24,25)22(2)16-10-7-14(8-11-16)20(23)21-13-15-9-12-17(26-3)19(28-5)18(15)27-4/h7-12H,6,13H2,1-5H3,(H,21,23). The Hall–Kier alpha value is -2.94. The van der Waals surface area contributed by atoms with E-state index in [0.29, 0.717) is 28.5 Å². The van der Waals surface area contributed by atoms with Crippen LogP contribution in [0, 0.1) is 0 Å². The maximum atomic E-state index is 12.5. The molecule has 2 aromatic carbocycles. The Balaban J connectivity index is 2.14. The van der Waals surface area contributed by atoms with Crippen molar-refractivity contribution in [3.63, 3.8) is 0 Å². The van der Waals surface area contributed by atoms with Gasteiger partial charge in [-0.2, -0.15) is 0 Å². The number of nitrogens with one attached hydrogen (secondary N) is 1. The van der Waals surface area contributed by atoms with E-state index in [1.165, 1.54) is 32.7 Å². The summed E-state index contributed by atoms with van der Waals surface area (Å²) in [6.45, 7) is 1.80. The summed E-state index contributed by atoms with van der Waals surface area (Å²) in [6, 6.07) is 9.88. The summed E-state index contributed by atoms with van der Waals surface area (Å²) in [5.41, 5.74) is 1.63. The van der Waals surface area contributed by atoms with Crippen molar-refractivity contribution in [1.82, 2.24) is 5.32 Å². The van der Waals surface area contributed by atoms with E-state index in [9.17, 15) is 13.2 Å². The van der Waals surface area contributed by atoms with Crippen molar-refractivity contribution in [2.45, 2.75) is 13.5 Å². The number of nitrogens with zero attached hydrogens (tertiary/aromatic N) is 1. The number of hydrogen-bond donors (Lipinski definition) is 1. The molecule has 1 N–H and O–H groups in total. The lowest BCUT2D eigenvalue weighted by molar-refractivity contribution is 0.0950. The number of anilines is 1. The molecule has 0 saturated carbocycles. The SMILES string of the molecule is CCS(=O)(=O)N(C)c1ccc(C(=O)NCc2ccc(OC)c(OC)c2OC)cc1. The highest BCUT2D eigenvalue weighted by Gasteiger charge is 2.18. The molecule has 0 aliphatic rings. The van der Waals surface area contributed by atoms with Gasteiger partial charge in [0.05, 0.1) is 32.8 Å². The second-order valence-corrected chi connectivity index (χ2v) is 8.38. The Bertz CT molecular complexity index is 958. The van der Waals surface area contributed by atoms with Crippen LogP contribution in [0.1, 0.15) is 22.8 Å². The molecule has 0 fully saturated rings. The van der Waals surface area contributed by atoms with Gasteiger partial charge in [-0.25, -0.2) is 8.42 Å². The summed E-state index contributed by atoms with van der Waals surface area (Å²) in [4.78, 5) is 12.5. The largest absolute Gasteiger partial charge is 0.493 e. The summed E-state index contributed by atoms with van der Waals surface area (Å²) in [5.74, 6) is 1.16. The Morgan fingerprint density at radius 1 is 0.966 bits per heavy atom. The highest BCUT2D eigenvalue weighted by Crippen LogP contribution is 2.39. The molecule has 29 heavy (non-hydrogen) atoms. The summed E-state index contributed by atoms with van der Waals surface area (Å²) >= 11 is 0. The highest BCUT2D eigenvalue weighted by atomic mass is 32.2. The molecule has 0 saturated heterocycles. The Morgan fingerprint density at radius 3 is 2.10 bits per heavy atom. The van der Waals surface area contributed by atoms with E-state index in [0.717, 1.165) is 5.56 Å². The van der Waals surface area contributed by atoms with Crippen LogP contribution in [-0.2, 0) is 16.6 Å². The molecule has 0 heterocycles. The molecule has 0 aliphatic carbocycles. The number of methoxy groups -OCH3 is 3. The maximum absolute atomic E-state index is 12.5. The third-order valence-corrected chi connectivity index (χ3v) is 6.28. The first-order valence-electron chi connectivity index (χ1n) is 8.91. The van der Waals surface area contributed by atoms with Crippen LogP contribution in [0.2, 0.25) is 0 Å². The minimum Gasteiger partial charge on any atom is -0.493 e. The van der Waals surface area contributed by atoms with Gasteiger partial charge < -0.3 is 19.5 Å². The number of benzene rings is 2. The summed E-state index contributed by atoms with van der Waals surface area (Å²) in [6.07, 6.45) is 0. The molecule has 2 aromatic rings. The fraction of sp³-hybridized carbons (Fsp3) is 0.350. The molecule has 0 atom stereocenters. The summed E-state index contributed by atoms with van der Waals surface area (Å²) in [7, 11) is 2.69. The van der Waals surface area contributed by atoms with Crippen LogP contribution in [0.3, 0.4) is 0 Å².